The van der Waals surface area contributed by atoms with Gasteiger partial charge in [-0.05, 0) is 26.2 Å². The highest BCUT2D eigenvalue weighted by molar-refractivity contribution is 7.18. The van der Waals surface area contributed by atoms with Crippen LogP contribution in [0.4, 0.5) is 10.9 Å². The summed E-state index contributed by atoms with van der Waals surface area (Å²) in [5, 5.41) is 15.9. The van der Waals surface area contributed by atoms with Gasteiger partial charge in [-0.15, -0.1) is 0 Å². The number of nitrogens with two attached hydrogens (primary N) is 1. The third-order valence-electron chi connectivity index (χ3n) is 3.18. The van der Waals surface area contributed by atoms with Gasteiger partial charge in [0, 0.05) is 6.54 Å². The van der Waals surface area contributed by atoms with Crippen LogP contribution in [0.1, 0.15) is 35.9 Å². The summed E-state index contributed by atoms with van der Waals surface area (Å²) < 4.78 is 0. The van der Waals surface area contributed by atoms with E-state index in [4.69, 9.17) is 5.73 Å². The highest BCUT2D eigenvalue weighted by atomic mass is 32.1. The fraction of sp³-hybridized carbons (Fsp3) is 0.636. The first-order valence-electron chi connectivity index (χ1n) is 6.04. The molecule has 1 aromatic heterocycles. The average Bonchev–Trinajstić information content (AvgIpc) is 2.65. The van der Waals surface area contributed by atoms with Gasteiger partial charge in [-0.25, -0.2) is 4.98 Å². The number of anilines is 2. The molecule has 5 N–H and O–H groups in total. The van der Waals surface area contributed by atoms with E-state index in [0.29, 0.717) is 10.0 Å². The summed E-state index contributed by atoms with van der Waals surface area (Å²) in [6.45, 7) is 2.65. The molecule has 2 rings (SSSR count). The molecule has 6 nitrogen and oxygen atoms in total. The third-order valence-corrected chi connectivity index (χ3v) is 4.21. The Hall–Kier alpha value is -1.34. The lowest BCUT2D eigenvalue weighted by Gasteiger charge is -2.40. The Labute approximate surface area is 110 Å². The van der Waals surface area contributed by atoms with E-state index in [2.05, 4.69) is 15.6 Å². The molecule has 1 aliphatic rings. The largest absolute Gasteiger partial charge is 0.394 e. The number of thiazole rings is 1. The van der Waals surface area contributed by atoms with Gasteiger partial charge in [0.25, 0.3) is 5.91 Å². The fourth-order valence-corrected chi connectivity index (χ4v) is 2.79. The molecular formula is C11H18N4O2S. The van der Waals surface area contributed by atoms with Crippen LogP contribution in [0.15, 0.2) is 0 Å². The Balaban J connectivity index is 2.08. The topological polar surface area (TPSA) is 100 Å². The van der Waals surface area contributed by atoms with Crippen molar-refractivity contribution >= 4 is 28.2 Å². The van der Waals surface area contributed by atoms with Crippen LogP contribution in [0.25, 0.3) is 0 Å². The lowest BCUT2D eigenvalue weighted by molar-refractivity contribution is 0.0645. The van der Waals surface area contributed by atoms with Crippen LogP contribution in [-0.4, -0.2) is 34.7 Å². The van der Waals surface area contributed by atoms with Crippen LogP contribution in [0.2, 0.25) is 0 Å². The Bertz CT molecular complexity index is 437. The Kier molecular flexibility index (Phi) is 3.72. The fourth-order valence-electron chi connectivity index (χ4n) is 1.95. The van der Waals surface area contributed by atoms with Gasteiger partial charge in [-0.3, -0.25) is 4.79 Å². The molecule has 1 heterocycles. The maximum Gasteiger partial charge on any atom is 0.265 e. The second-order valence-electron chi connectivity index (χ2n) is 4.51. The molecule has 0 saturated heterocycles. The van der Waals surface area contributed by atoms with Crippen LogP contribution in [0, 0.1) is 0 Å². The van der Waals surface area contributed by atoms with Crippen LogP contribution in [0.5, 0.6) is 0 Å². The molecule has 18 heavy (non-hydrogen) atoms. The van der Waals surface area contributed by atoms with Crippen molar-refractivity contribution in [3.8, 4) is 0 Å². The van der Waals surface area contributed by atoms with Gasteiger partial charge >= 0.3 is 0 Å². The van der Waals surface area contributed by atoms with Crippen molar-refractivity contribution in [1.82, 2.24) is 10.3 Å². The van der Waals surface area contributed by atoms with Gasteiger partial charge in [0.2, 0.25) is 0 Å². The van der Waals surface area contributed by atoms with Crippen molar-refractivity contribution in [3.63, 3.8) is 0 Å². The molecule has 7 heteroatoms. The van der Waals surface area contributed by atoms with E-state index < -0.39 is 5.54 Å². The highest BCUT2D eigenvalue weighted by Crippen LogP contribution is 2.33. The predicted molar refractivity (Wildman–Crippen MR) is 71.8 cm³/mol. The Morgan fingerprint density at radius 1 is 1.61 bits per heavy atom. The lowest BCUT2D eigenvalue weighted by Crippen LogP contribution is -2.56. The van der Waals surface area contributed by atoms with Crippen molar-refractivity contribution < 1.29 is 9.90 Å². The molecule has 1 fully saturated rings. The van der Waals surface area contributed by atoms with E-state index >= 15 is 0 Å². The molecular weight excluding hydrogens is 252 g/mol. The number of carbonyl (C=O) groups is 1. The first kappa shape index (κ1) is 13.1. The predicted octanol–water partition coefficient (Wildman–Crippen LogP) is 0.802. The number of carbonyl (C=O) groups excluding carboxylic acids is 1. The molecule has 0 spiro atoms. The van der Waals surface area contributed by atoms with Crippen LogP contribution < -0.4 is 16.4 Å². The number of nitrogens with zero attached hydrogens (tertiary/aromatic N) is 1. The zero-order chi connectivity index (χ0) is 13.2. The van der Waals surface area contributed by atoms with Crippen LogP contribution >= 0.6 is 11.3 Å². The van der Waals surface area contributed by atoms with E-state index in [1.54, 1.807) is 0 Å². The number of aliphatic hydroxyl groups is 1. The summed E-state index contributed by atoms with van der Waals surface area (Å²) in [6.07, 6.45) is 2.66. The normalized spacial score (nSPS) is 17.0. The smallest absolute Gasteiger partial charge is 0.265 e. The molecule has 0 unspecified atom stereocenters. The molecule has 100 valence electrons. The first-order valence-corrected chi connectivity index (χ1v) is 6.85. The van der Waals surface area contributed by atoms with Crippen LogP contribution in [-0.2, 0) is 0 Å². The van der Waals surface area contributed by atoms with Crippen molar-refractivity contribution in [3.05, 3.63) is 4.88 Å². The Morgan fingerprint density at radius 3 is 2.83 bits per heavy atom. The number of nitrogen functional groups attached to an aromatic ring is 1. The maximum atomic E-state index is 12.1. The highest BCUT2D eigenvalue weighted by Gasteiger charge is 2.38. The van der Waals surface area contributed by atoms with Gasteiger partial charge in [-0.1, -0.05) is 11.3 Å². The molecule has 0 bridgehead atoms. The van der Waals surface area contributed by atoms with Gasteiger partial charge in [0.15, 0.2) is 5.13 Å². The Morgan fingerprint density at radius 2 is 2.33 bits per heavy atom. The zero-order valence-electron chi connectivity index (χ0n) is 10.3. The molecule has 0 atom stereocenters. The van der Waals surface area contributed by atoms with E-state index in [9.17, 15) is 9.90 Å². The van der Waals surface area contributed by atoms with E-state index in [0.717, 1.165) is 25.8 Å². The summed E-state index contributed by atoms with van der Waals surface area (Å²) in [4.78, 5) is 16.6. The summed E-state index contributed by atoms with van der Waals surface area (Å²) in [7, 11) is 0. The summed E-state index contributed by atoms with van der Waals surface area (Å²) in [5.41, 5.74) is 5.28. The minimum Gasteiger partial charge on any atom is -0.394 e. The van der Waals surface area contributed by atoms with Crippen molar-refractivity contribution in [2.45, 2.75) is 31.7 Å². The van der Waals surface area contributed by atoms with Gasteiger partial charge in [0.05, 0.1) is 12.1 Å². The second kappa shape index (κ2) is 5.11. The molecule has 1 aromatic rings. The standard InChI is InChI=1S/C11H18N4O2S/c1-2-13-10-14-8(12)7(18-10)9(17)15-11(6-16)4-3-5-11/h16H,2-6,12H2,1H3,(H,13,14)(H,15,17). The SMILES string of the molecule is CCNc1nc(N)c(C(=O)NC2(CO)CCC2)s1. The van der Waals surface area contributed by atoms with Crippen molar-refractivity contribution in [1.29, 1.82) is 0 Å². The quantitative estimate of drug-likeness (QED) is 0.634. The van der Waals surface area contributed by atoms with Gasteiger partial charge < -0.3 is 21.5 Å². The number of aromatic nitrogens is 1. The first-order chi connectivity index (χ1) is 8.60. The summed E-state index contributed by atoms with van der Waals surface area (Å²) in [6, 6.07) is 0. The lowest BCUT2D eigenvalue weighted by atomic mass is 9.77. The van der Waals surface area contributed by atoms with E-state index in [1.165, 1.54) is 11.3 Å². The van der Waals surface area contributed by atoms with Crippen molar-refractivity contribution in [2.24, 2.45) is 0 Å². The minimum atomic E-state index is -0.453. The van der Waals surface area contributed by atoms with Gasteiger partial charge in [0.1, 0.15) is 10.7 Å². The number of hydrogen-bond donors (Lipinski definition) is 4. The monoisotopic (exact) mass is 270 g/mol. The number of rotatable bonds is 5. The second-order valence-corrected chi connectivity index (χ2v) is 5.51. The molecule has 1 amide bonds. The zero-order valence-corrected chi connectivity index (χ0v) is 11.1. The van der Waals surface area contributed by atoms with E-state index in [-0.39, 0.29) is 18.3 Å². The number of hydrogen-bond acceptors (Lipinski definition) is 6. The average molecular weight is 270 g/mol. The van der Waals surface area contributed by atoms with Crippen molar-refractivity contribution in [2.75, 3.05) is 24.2 Å². The molecule has 0 aliphatic heterocycles. The molecule has 0 radical (unpaired) electrons. The summed E-state index contributed by atoms with van der Waals surface area (Å²) >= 11 is 1.24. The van der Waals surface area contributed by atoms with Gasteiger partial charge in [-0.2, -0.15) is 0 Å². The maximum absolute atomic E-state index is 12.1. The van der Waals surface area contributed by atoms with E-state index in [1.807, 2.05) is 6.92 Å². The van der Waals surface area contributed by atoms with Crippen LogP contribution in [0.3, 0.4) is 0 Å². The molecule has 0 aromatic carbocycles. The number of nitrogens with one attached hydrogen (secondary N) is 2. The number of aliphatic hydroxyl groups excluding tert-OH is 1. The third kappa shape index (κ3) is 2.41. The molecule has 1 saturated carbocycles. The minimum absolute atomic E-state index is 0.0302. The summed E-state index contributed by atoms with van der Waals surface area (Å²) in [5.74, 6) is -0.0104. The number of amides is 1. The molecule has 1 aliphatic carbocycles.